The van der Waals surface area contributed by atoms with Gasteiger partial charge in [-0.3, -0.25) is 4.98 Å². The van der Waals surface area contributed by atoms with Crippen LogP contribution in [0.5, 0.6) is 0 Å². The zero-order chi connectivity index (χ0) is 10.6. The molecule has 14 heavy (non-hydrogen) atoms. The minimum atomic E-state index is -0.0884. The van der Waals surface area contributed by atoms with E-state index in [1.165, 1.54) is 6.21 Å². The van der Waals surface area contributed by atoms with E-state index in [4.69, 9.17) is 11.5 Å². The molecule has 1 aromatic heterocycles. The van der Waals surface area contributed by atoms with Crippen LogP contribution in [0.3, 0.4) is 0 Å². The first-order valence-electron chi connectivity index (χ1n) is 3.52. The van der Waals surface area contributed by atoms with Crippen molar-refractivity contribution in [3.63, 3.8) is 0 Å². The van der Waals surface area contributed by atoms with Crippen LogP contribution in [0.1, 0.15) is 5.69 Å². The molecule has 5 nitrogen and oxygen atoms in total. The van der Waals surface area contributed by atoms with Gasteiger partial charge < -0.3 is 11.5 Å². The lowest BCUT2D eigenvalue weighted by Gasteiger charge is -1.96. The first-order valence-corrected chi connectivity index (χ1v) is 5.11. The summed E-state index contributed by atoms with van der Waals surface area (Å²) in [6.45, 7) is 0. The average Bonchev–Trinajstić information content (AvgIpc) is 2.08. The van der Waals surface area contributed by atoms with Crippen molar-refractivity contribution in [2.75, 3.05) is 0 Å². The number of aromatic nitrogens is 1. The first kappa shape index (κ1) is 11.1. The number of hydrogen-bond donors (Lipinski definition) is 2. The molecule has 0 atom stereocenters. The number of rotatable bonds is 2. The molecular weight excluding hydrogens is 314 g/mol. The molecule has 0 amide bonds. The van der Waals surface area contributed by atoms with E-state index in [2.05, 4.69) is 47.0 Å². The Bertz CT molecular complexity index is 384. The Kier molecular flexibility index (Phi) is 4.02. The molecule has 0 unspecified atom stereocenters. The maximum absolute atomic E-state index is 5.09. The van der Waals surface area contributed by atoms with Crippen molar-refractivity contribution in [3.05, 3.63) is 26.9 Å². The first-order chi connectivity index (χ1) is 6.59. The maximum atomic E-state index is 5.09. The second-order valence-corrected chi connectivity index (χ2v) is 4.06. The molecule has 0 aliphatic rings. The molecule has 0 aliphatic heterocycles. The van der Waals surface area contributed by atoms with Crippen LogP contribution in [0.25, 0.3) is 0 Å². The Balaban J connectivity index is 2.87. The highest BCUT2D eigenvalue weighted by Crippen LogP contribution is 2.18. The van der Waals surface area contributed by atoms with Crippen molar-refractivity contribution >= 4 is 44.0 Å². The summed E-state index contributed by atoms with van der Waals surface area (Å²) >= 11 is 6.60. The van der Waals surface area contributed by atoms with E-state index in [-0.39, 0.29) is 5.96 Å². The Morgan fingerprint density at radius 3 is 2.71 bits per heavy atom. The van der Waals surface area contributed by atoms with E-state index in [0.717, 1.165) is 8.95 Å². The molecule has 0 fully saturated rings. The lowest BCUT2D eigenvalue weighted by atomic mass is 10.4. The normalized spacial score (nSPS) is 10.4. The third-order valence-electron chi connectivity index (χ3n) is 1.19. The van der Waals surface area contributed by atoms with Gasteiger partial charge in [-0.05, 0) is 37.9 Å². The largest absolute Gasteiger partial charge is 0.369 e. The third kappa shape index (κ3) is 3.43. The lowest BCUT2D eigenvalue weighted by molar-refractivity contribution is 1.19. The monoisotopic (exact) mass is 319 g/mol. The van der Waals surface area contributed by atoms with Crippen LogP contribution in [0.4, 0.5) is 0 Å². The van der Waals surface area contributed by atoms with E-state index in [9.17, 15) is 0 Å². The summed E-state index contributed by atoms with van der Waals surface area (Å²) in [5.41, 5.74) is 10.8. The predicted molar refractivity (Wildman–Crippen MR) is 63.0 cm³/mol. The minimum absolute atomic E-state index is 0.0884. The van der Waals surface area contributed by atoms with Crippen molar-refractivity contribution in [2.45, 2.75) is 0 Å². The molecule has 0 saturated carbocycles. The number of nitrogens with zero attached hydrogens (tertiary/aromatic N) is 3. The molecule has 0 spiro atoms. The van der Waals surface area contributed by atoms with Gasteiger partial charge in [0.25, 0.3) is 0 Å². The molecule has 1 rings (SSSR count). The van der Waals surface area contributed by atoms with Gasteiger partial charge >= 0.3 is 0 Å². The molecule has 7 heteroatoms. The fourth-order valence-electron chi connectivity index (χ4n) is 0.670. The lowest BCUT2D eigenvalue weighted by Crippen LogP contribution is -2.21. The number of pyridine rings is 1. The molecule has 1 aromatic rings. The molecule has 0 saturated heterocycles. The zero-order valence-electron chi connectivity index (χ0n) is 6.98. The van der Waals surface area contributed by atoms with Crippen LogP contribution in [0, 0.1) is 0 Å². The molecule has 0 aromatic carbocycles. The molecule has 4 N–H and O–H groups in total. The second kappa shape index (κ2) is 5.06. The van der Waals surface area contributed by atoms with Gasteiger partial charge in [0.15, 0.2) is 0 Å². The van der Waals surface area contributed by atoms with Crippen LogP contribution < -0.4 is 11.5 Å². The van der Waals surface area contributed by atoms with Crippen molar-refractivity contribution in [1.82, 2.24) is 4.98 Å². The molecule has 0 radical (unpaired) electrons. The summed E-state index contributed by atoms with van der Waals surface area (Å²) in [4.78, 5) is 4.08. The molecule has 74 valence electrons. The average molecular weight is 321 g/mol. The molecule has 1 heterocycles. The van der Waals surface area contributed by atoms with Crippen LogP contribution in [0.15, 0.2) is 31.4 Å². The summed E-state index contributed by atoms with van der Waals surface area (Å²) in [5.74, 6) is -0.0884. The zero-order valence-corrected chi connectivity index (χ0v) is 10.2. The predicted octanol–water partition coefficient (Wildman–Crippen LogP) is 1.21. The SMILES string of the molecule is NC(N)=NN=Cc1ncc(Br)cc1Br. The Hall–Kier alpha value is -0.950. The summed E-state index contributed by atoms with van der Waals surface area (Å²) in [6.07, 6.45) is 3.11. The van der Waals surface area contributed by atoms with Gasteiger partial charge in [0.1, 0.15) is 0 Å². The Morgan fingerprint density at radius 1 is 1.43 bits per heavy atom. The van der Waals surface area contributed by atoms with Gasteiger partial charge in [-0.15, -0.1) is 5.10 Å². The highest BCUT2D eigenvalue weighted by Gasteiger charge is 1.98. The van der Waals surface area contributed by atoms with Crippen LogP contribution in [-0.2, 0) is 0 Å². The summed E-state index contributed by atoms with van der Waals surface area (Å²) < 4.78 is 1.68. The van der Waals surface area contributed by atoms with E-state index >= 15 is 0 Å². The fourth-order valence-corrected chi connectivity index (χ4v) is 1.76. The van der Waals surface area contributed by atoms with Crippen LogP contribution >= 0.6 is 31.9 Å². The van der Waals surface area contributed by atoms with E-state index in [0.29, 0.717) is 5.69 Å². The summed E-state index contributed by atoms with van der Waals surface area (Å²) in [6, 6.07) is 1.85. The standard InChI is InChI=1S/C7H7Br2N5/c8-4-1-5(9)6(12-2-4)3-13-14-7(10)11/h1-3H,(H4,10,11,14). The van der Waals surface area contributed by atoms with Crippen molar-refractivity contribution < 1.29 is 0 Å². The minimum Gasteiger partial charge on any atom is -0.369 e. The second-order valence-electron chi connectivity index (χ2n) is 2.29. The number of nitrogens with two attached hydrogens (primary N) is 2. The summed E-state index contributed by atoms with van der Waals surface area (Å²) in [7, 11) is 0. The quantitative estimate of drug-likeness (QED) is 0.487. The molecule has 0 bridgehead atoms. The van der Waals surface area contributed by atoms with E-state index in [1.807, 2.05) is 6.07 Å². The number of halogens is 2. The number of hydrogen-bond acceptors (Lipinski definition) is 3. The maximum Gasteiger partial charge on any atom is 0.211 e. The van der Waals surface area contributed by atoms with Gasteiger partial charge in [-0.2, -0.15) is 5.10 Å². The Morgan fingerprint density at radius 2 is 2.14 bits per heavy atom. The van der Waals surface area contributed by atoms with E-state index < -0.39 is 0 Å². The highest BCUT2D eigenvalue weighted by atomic mass is 79.9. The van der Waals surface area contributed by atoms with Crippen molar-refractivity contribution in [1.29, 1.82) is 0 Å². The molecular formula is C7H7Br2N5. The fraction of sp³-hybridized carbons (Fsp3) is 0. The van der Waals surface area contributed by atoms with Crippen molar-refractivity contribution in [2.24, 2.45) is 21.7 Å². The van der Waals surface area contributed by atoms with Gasteiger partial charge in [-0.1, -0.05) is 0 Å². The van der Waals surface area contributed by atoms with Gasteiger partial charge in [0, 0.05) is 15.1 Å². The van der Waals surface area contributed by atoms with Crippen LogP contribution in [-0.4, -0.2) is 17.2 Å². The van der Waals surface area contributed by atoms with Gasteiger partial charge in [0.05, 0.1) is 11.9 Å². The van der Waals surface area contributed by atoms with E-state index in [1.54, 1.807) is 6.20 Å². The number of guanidine groups is 1. The third-order valence-corrected chi connectivity index (χ3v) is 2.26. The Labute approximate surface area is 97.6 Å². The van der Waals surface area contributed by atoms with Crippen LogP contribution in [0.2, 0.25) is 0 Å². The van der Waals surface area contributed by atoms with Gasteiger partial charge in [-0.25, -0.2) is 0 Å². The smallest absolute Gasteiger partial charge is 0.211 e. The van der Waals surface area contributed by atoms with Gasteiger partial charge in [0.2, 0.25) is 5.96 Å². The summed E-state index contributed by atoms with van der Waals surface area (Å²) in [5, 5.41) is 7.09. The highest BCUT2D eigenvalue weighted by molar-refractivity contribution is 9.11. The topological polar surface area (TPSA) is 89.7 Å². The molecule has 0 aliphatic carbocycles. The van der Waals surface area contributed by atoms with Crippen molar-refractivity contribution in [3.8, 4) is 0 Å².